The molecule has 0 bridgehead atoms. The Hall–Kier alpha value is -2.60. The van der Waals surface area contributed by atoms with Crippen molar-refractivity contribution in [2.75, 3.05) is 0 Å². The molecule has 0 saturated carbocycles. The molecule has 2 rings (SSSR count). The largest absolute Gasteiger partial charge is 0.478 e. The molecule has 0 aromatic heterocycles. The minimum absolute atomic E-state index is 0.0710. The van der Waals surface area contributed by atoms with E-state index < -0.39 is 10.9 Å². The number of carboxylic acids is 1. The van der Waals surface area contributed by atoms with E-state index in [1.807, 2.05) is 31.2 Å². The average Bonchev–Trinajstić information content (AvgIpc) is 2.48. The molecule has 0 aliphatic heterocycles. The maximum Gasteiger partial charge on any atom is 0.328 e. The molecule has 0 fully saturated rings. The summed E-state index contributed by atoms with van der Waals surface area (Å²) in [7, 11) is 0. The third-order valence-corrected chi connectivity index (χ3v) is 3.96. The number of rotatable bonds is 5. The van der Waals surface area contributed by atoms with Crippen molar-refractivity contribution in [3.63, 3.8) is 0 Å². The van der Waals surface area contributed by atoms with Gasteiger partial charge in [0.15, 0.2) is 0 Å². The van der Waals surface area contributed by atoms with Gasteiger partial charge in [-0.15, -0.1) is 0 Å². The molecule has 0 heterocycles. The van der Waals surface area contributed by atoms with Crippen molar-refractivity contribution in [3.05, 3.63) is 69.8 Å². The molecular weight excluding hydrogens is 302 g/mol. The lowest BCUT2D eigenvalue weighted by atomic mass is 10.2. The number of nitro groups is 1. The first kappa shape index (κ1) is 15.8. The van der Waals surface area contributed by atoms with E-state index in [1.54, 1.807) is 6.07 Å². The molecule has 112 valence electrons. The molecule has 0 spiro atoms. The zero-order valence-electron chi connectivity index (χ0n) is 11.7. The van der Waals surface area contributed by atoms with Crippen LogP contribution in [0.15, 0.2) is 58.3 Å². The number of carboxylic acid groups (broad SMARTS) is 1. The lowest BCUT2D eigenvalue weighted by Crippen LogP contribution is -1.91. The quantitative estimate of drug-likeness (QED) is 0.509. The normalized spacial score (nSPS) is 10.8. The molecule has 1 N–H and O–H groups in total. The fourth-order valence-corrected chi connectivity index (χ4v) is 2.67. The van der Waals surface area contributed by atoms with E-state index in [0.717, 1.165) is 21.4 Å². The maximum absolute atomic E-state index is 10.9. The van der Waals surface area contributed by atoms with E-state index >= 15 is 0 Å². The number of aryl methyl sites for hydroxylation is 1. The summed E-state index contributed by atoms with van der Waals surface area (Å²) in [5, 5.41) is 19.6. The van der Waals surface area contributed by atoms with Gasteiger partial charge in [-0.3, -0.25) is 10.1 Å². The lowest BCUT2D eigenvalue weighted by molar-refractivity contribution is -0.384. The number of carbonyl (C=O) groups is 1. The van der Waals surface area contributed by atoms with Crippen LogP contribution in [0, 0.1) is 17.0 Å². The molecule has 0 atom stereocenters. The summed E-state index contributed by atoms with van der Waals surface area (Å²) in [4.78, 5) is 22.8. The summed E-state index contributed by atoms with van der Waals surface area (Å²) in [6, 6.07) is 12.3. The Morgan fingerprint density at radius 2 is 1.91 bits per heavy atom. The second-order valence-corrected chi connectivity index (χ2v) is 5.68. The van der Waals surface area contributed by atoms with Crippen molar-refractivity contribution in [2.24, 2.45) is 0 Å². The predicted molar refractivity (Wildman–Crippen MR) is 85.1 cm³/mol. The fourth-order valence-electron chi connectivity index (χ4n) is 1.77. The van der Waals surface area contributed by atoms with Crippen LogP contribution in [0.4, 0.5) is 5.69 Å². The molecular formula is C16H13NO4S. The summed E-state index contributed by atoms with van der Waals surface area (Å²) in [6.07, 6.45) is 2.34. The summed E-state index contributed by atoms with van der Waals surface area (Å²) in [5.74, 6) is -1.10. The van der Waals surface area contributed by atoms with Crippen molar-refractivity contribution in [2.45, 2.75) is 16.7 Å². The van der Waals surface area contributed by atoms with Crippen molar-refractivity contribution >= 4 is 29.5 Å². The maximum atomic E-state index is 10.9. The van der Waals surface area contributed by atoms with E-state index in [-0.39, 0.29) is 5.69 Å². The molecule has 0 aliphatic carbocycles. The van der Waals surface area contributed by atoms with Gasteiger partial charge in [0.2, 0.25) is 0 Å². The first-order valence-corrected chi connectivity index (χ1v) is 7.21. The molecule has 22 heavy (non-hydrogen) atoms. The first-order valence-electron chi connectivity index (χ1n) is 6.39. The minimum Gasteiger partial charge on any atom is -0.478 e. The predicted octanol–water partition coefficient (Wildman–Crippen LogP) is 4.15. The molecule has 6 heteroatoms. The SMILES string of the molecule is Cc1ccc(Sc2ccc([N+](=O)[O-])cc2/C=C/C(=O)O)cc1. The second-order valence-electron chi connectivity index (χ2n) is 4.57. The van der Waals surface area contributed by atoms with E-state index in [9.17, 15) is 14.9 Å². The topological polar surface area (TPSA) is 80.4 Å². The standard InChI is InChI=1S/C16H13NO4S/c1-11-2-6-14(7-3-11)22-15-8-5-13(17(20)21)10-12(15)4-9-16(18)19/h2-10H,1H3,(H,18,19)/b9-4+. The van der Waals surface area contributed by atoms with Crippen LogP contribution in [0.1, 0.15) is 11.1 Å². The number of benzene rings is 2. The molecule has 0 amide bonds. The van der Waals surface area contributed by atoms with Crippen molar-refractivity contribution in [1.29, 1.82) is 0 Å². The van der Waals surface area contributed by atoms with Crippen molar-refractivity contribution in [3.8, 4) is 0 Å². The highest BCUT2D eigenvalue weighted by molar-refractivity contribution is 7.99. The molecule has 0 unspecified atom stereocenters. The number of aliphatic carboxylic acids is 1. The van der Waals surface area contributed by atoms with Gasteiger partial charge in [-0.25, -0.2) is 4.79 Å². The zero-order valence-corrected chi connectivity index (χ0v) is 12.5. The number of hydrogen-bond acceptors (Lipinski definition) is 4. The Morgan fingerprint density at radius 3 is 2.50 bits per heavy atom. The van der Waals surface area contributed by atoms with Gasteiger partial charge < -0.3 is 5.11 Å². The highest BCUT2D eigenvalue weighted by atomic mass is 32.2. The molecule has 0 aliphatic rings. The average molecular weight is 315 g/mol. The number of nitrogens with zero attached hydrogens (tertiary/aromatic N) is 1. The fraction of sp³-hybridized carbons (Fsp3) is 0.0625. The van der Waals surface area contributed by atoms with E-state index in [1.165, 1.54) is 30.0 Å². The Balaban J connectivity index is 2.38. The Labute approximate surface area is 131 Å². The Morgan fingerprint density at radius 1 is 1.23 bits per heavy atom. The van der Waals surface area contributed by atoms with Crippen LogP contribution in [-0.4, -0.2) is 16.0 Å². The monoisotopic (exact) mass is 315 g/mol. The van der Waals surface area contributed by atoms with Crippen LogP contribution < -0.4 is 0 Å². The zero-order chi connectivity index (χ0) is 16.1. The molecule has 0 saturated heterocycles. The van der Waals surface area contributed by atoms with Crippen LogP contribution in [0.2, 0.25) is 0 Å². The van der Waals surface area contributed by atoms with E-state index in [2.05, 4.69) is 0 Å². The van der Waals surface area contributed by atoms with Crippen molar-refractivity contribution in [1.82, 2.24) is 0 Å². The summed E-state index contributed by atoms with van der Waals surface area (Å²) in [6.45, 7) is 1.99. The third kappa shape index (κ3) is 4.20. The van der Waals surface area contributed by atoms with Crippen molar-refractivity contribution < 1.29 is 14.8 Å². The molecule has 5 nitrogen and oxygen atoms in total. The summed E-state index contributed by atoms with van der Waals surface area (Å²) in [5.41, 5.74) is 1.57. The highest BCUT2D eigenvalue weighted by Crippen LogP contribution is 2.33. The second kappa shape index (κ2) is 6.91. The highest BCUT2D eigenvalue weighted by Gasteiger charge is 2.10. The van der Waals surface area contributed by atoms with Crippen LogP contribution >= 0.6 is 11.8 Å². The third-order valence-electron chi connectivity index (χ3n) is 2.86. The van der Waals surface area contributed by atoms with Gasteiger partial charge in [-0.2, -0.15) is 0 Å². The van der Waals surface area contributed by atoms with Crippen LogP contribution in [0.5, 0.6) is 0 Å². The van der Waals surface area contributed by atoms with Gasteiger partial charge in [0.25, 0.3) is 5.69 Å². The van der Waals surface area contributed by atoms with E-state index in [0.29, 0.717) is 5.56 Å². The minimum atomic E-state index is -1.10. The van der Waals surface area contributed by atoms with Gasteiger partial charge in [0.05, 0.1) is 4.92 Å². The molecule has 2 aromatic rings. The van der Waals surface area contributed by atoms with Crippen LogP contribution in [-0.2, 0) is 4.79 Å². The number of hydrogen-bond donors (Lipinski definition) is 1. The van der Waals surface area contributed by atoms with Crippen LogP contribution in [0.3, 0.4) is 0 Å². The summed E-state index contributed by atoms with van der Waals surface area (Å²) >= 11 is 1.43. The smallest absolute Gasteiger partial charge is 0.328 e. The van der Waals surface area contributed by atoms with Gasteiger partial charge in [-0.05, 0) is 36.8 Å². The summed E-state index contributed by atoms with van der Waals surface area (Å²) < 4.78 is 0. The lowest BCUT2D eigenvalue weighted by Gasteiger charge is -2.06. The van der Waals surface area contributed by atoms with E-state index in [4.69, 9.17) is 5.11 Å². The van der Waals surface area contributed by atoms with Gasteiger partial charge in [-0.1, -0.05) is 29.5 Å². The number of non-ortho nitro benzene ring substituents is 1. The van der Waals surface area contributed by atoms with Gasteiger partial charge >= 0.3 is 5.97 Å². The Bertz CT molecular complexity index is 738. The molecule has 0 radical (unpaired) electrons. The Kier molecular flexibility index (Phi) is 4.95. The van der Waals surface area contributed by atoms with Crippen LogP contribution in [0.25, 0.3) is 6.08 Å². The van der Waals surface area contributed by atoms with Gasteiger partial charge in [0, 0.05) is 28.0 Å². The molecule has 2 aromatic carbocycles. The number of nitro benzene ring substituents is 1. The van der Waals surface area contributed by atoms with Gasteiger partial charge in [0.1, 0.15) is 0 Å². The first-order chi connectivity index (χ1) is 10.5.